The maximum atomic E-state index is 13.3. The third-order valence-corrected chi connectivity index (χ3v) is 4.06. The lowest BCUT2D eigenvalue weighted by atomic mass is 10.2. The van der Waals surface area contributed by atoms with Crippen LogP contribution in [0.4, 0.5) is 4.39 Å². The molecule has 0 aliphatic carbocycles. The van der Waals surface area contributed by atoms with Crippen molar-refractivity contribution in [2.24, 2.45) is 4.99 Å². The molecule has 0 bridgehead atoms. The lowest BCUT2D eigenvalue weighted by Gasteiger charge is -2.13. The van der Waals surface area contributed by atoms with Crippen LogP contribution in [0.5, 0.6) is 5.88 Å². The average Bonchev–Trinajstić information content (AvgIpc) is 2.73. The Hall–Kier alpha value is -3.41. The van der Waals surface area contributed by atoms with Gasteiger partial charge in [0, 0.05) is 32.4 Å². The van der Waals surface area contributed by atoms with Gasteiger partial charge < -0.3 is 15.4 Å². The number of pyridine rings is 1. The van der Waals surface area contributed by atoms with E-state index >= 15 is 0 Å². The fourth-order valence-electron chi connectivity index (χ4n) is 2.61. The number of aromatic nitrogens is 1. The second-order valence-electron chi connectivity index (χ2n) is 6.19. The summed E-state index contributed by atoms with van der Waals surface area (Å²) < 4.78 is 19.0. The Balaban J connectivity index is 1.50. The molecule has 0 atom stereocenters. The van der Waals surface area contributed by atoms with Crippen LogP contribution < -0.4 is 15.4 Å². The molecule has 0 amide bonds. The topological polar surface area (TPSA) is 58.5 Å². The molecule has 0 radical (unpaired) electrons. The molecule has 0 spiro atoms. The second-order valence-corrected chi connectivity index (χ2v) is 6.19. The number of guanidine groups is 1. The number of hydrogen-bond donors (Lipinski definition) is 2. The van der Waals surface area contributed by atoms with Crippen LogP contribution in [0.2, 0.25) is 0 Å². The summed E-state index contributed by atoms with van der Waals surface area (Å²) in [6, 6.07) is 20.3. The zero-order valence-electron chi connectivity index (χ0n) is 15.7. The van der Waals surface area contributed by atoms with E-state index in [1.807, 2.05) is 48.5 Å². The number of nitrogens with zero attached hydrogens (tertiary/aromatic N) is 2. The molecule has 0 aliphatic heterocycles. The van der Waals surface area contributed by atoms with E-state index < -0.39 is 0 Å². The lowest BCUT2D eigenvalue weighted by Crippen LogP contribution is -2.36. The van der Waals surface area contributed by atoms with Gasteiger partial charge in [0.15, 0.2) is 5.96 Å². The highest BCUT2D eigenvalue weighted by Crippen LogP contribution is 2.12. The van der Waals surface area contributed by atoms with E-state index in [4.69, 9.17) is 4.74 Å². The lowest BCUT2D eigenvalue weighted by molar-refractivity contribution is 0.293. The predicted octanol–water partition coefficient (Wildman–Crippen LogP) is 3.66. The maximum Gasteiger partial charge on any atom is 0.213 e. The molecule has 3 aromatic rings. The van der Waals surface area contributed by atoms with Crippen molar-refractivity contribution in [2.75, 3.05) is 7.05 Å². The van der Waals surface area contributed by atoms with Crippen molar-refractivity contribution in [3.8, 4) is 5.88 Å². The van der Waals surface area contributed by atoms with Gasteiger partial charge in [-0.3, -0.25) is 4.99 Å². The van der Waals surface area contributed by atoms with Gasteiger partial charge in [-0.2, -0.15) is 0 Å². The zero-order chi connectivity index (χ0) is 19.6. The first kappa shape index (κ1) is 19.4. The molecule has 5 nitrogen and oxygen atoms in total. The summed E-state index contributed by atoms with van der Waals surface area (Å²) >= 11 is 0. The SMILES string of the molecule is CN=C(NCc1cccc(F)c1)NCc1ccnc(OCc2ccccc2)c1. The minimum Gasteiger partial charge on any atom is -0.473 e. The van der Waals surface area contributed by atoms with Gasteiger partial charge in [0.1, 0.15) is 12.4 Å². The van der Waals surface area contributed by atoms with Gasteiger partial charge in [-0.25, -0.2) is 9.37 Å². The van der Waals surface area contributed by atoms with Crippen molar-refractivity contribution in [3.63, 3.8) is 0 Å². The van der Waals surface area contributed by atoms with Crippen LogP contribution >= 0.6 is 0 Å². The average molecular weight is 378 g/mol. The van der Waals surface area contributed by atoms with Crippen LogP contribution in [0, 0.1) is 5.82 Å². The fourth-order valence-corrected chi connectivity index (χ4v) is 2.61. The third kappa shape index (κ3) is 6.09. The van der Waals surface area contributed by atoms with Crippen LogP contribution in [0.1, 0.15) is 16.7 Å². The molecule has 0 aliphatic rings. The van der Waals surface area contributed by atoms with Crippen LogP contribution in [0.15, 0.2) is 77.9 Å². The molecule has 0 saturated heterocycles. The smallest absolute Gasteiger partial charge is 0.213 e. The van der Waals surface area contributed by atoms with Crippen molar-refractivity contribution in [1.29, 1.82) is 0 Å². The molecule has 0 saturated carbocycles. The summed E-state index contributed by atoms with van der Waals surface area (Å²) in [7, 11) is 1.70. The Kier molecular flexibility index (Phi) is 6.95. The summed E-state index contributed by atoms with van der Waals surface area (Å²) in [5.74, 6) is 0.959. The number of ether oxygens (including phenoxy) is 1. The minimum absolute atomic E-state index is 0.248. The molecule has 144 valence electrons. The maximum absolute atomic E-state index is 13.3. The zero-order valence-corrected chi connectivity index (χ0v) is 15.7. The third-order valence-electron chi connectivity index (χ3n) is 4.06. The van der Waals surface area contributed by atoms with Crippen molar-refractivity contribution < 1.29 is 9.13 Å². The van der Waals surface area contributed by atoms with Crippen molar-refractivity contribution in [2.45, 2.75) is 19.7 Å². The van der Waals surface area contributed by atoms with Crippen LogP contribution in [-0.2, 0) is 19.7 Å². The summed E-state index contributed by atoms with van der Waals surface area (Å²) in [4.78, 5) is 8.45. The first-order valence-corrected chi connectivity index (χ1v) is 9.03. The molecule has 0 unspecified atom stereocenters. The Morgan fingerprint density at radius 1 is 0.929 bits per heavy atom. The molecule has 2 aromatic carbocycles. The Labute approximate surface area is 164 Å². The molecule has 0 fully saturated rings. The van der Waals surface area contributed by atoms with Gasteiger partial charge in [0.2, 0.25) is 5.88 Å². The molecule has 1 aromatic heterocycles. The molecule has 28 heavy (non-hydrogen) atoms. The van der Waals surface area contributed by atoms with Gasteiger partial charge in [0.25, 0.3) is 0 Å². The number of nitrogens with one attached hydrogen (secondary N) is 2. The largest absolute Gasteiger partial charge is 0.473 e. The van der Waals surface area contributed by atoms with Crippen LogP contribution in [0.25, 0.3) is 0 Å². The van der Waals surface area contributed by atoms with Gasteiger partial charge in [0.05, 0.1) is 0 Å². The standard InChI is InChI=1S/C22H23FN4O/c1-24-22(26-14-18-8-5-9-20(23)12-18)27-15-19-10-11-25-21(13-19)28-16-17-6-3-2-4-7-17/h2-13H,14-16H2,1H3,(H2,24,26,27). The van der Waals surface area contributed by atoms with Crippen LogP contribution in [-0.4, -0.2) is 18.0 Å². The van der Waals surface area contributed by atoms with Gasteiger partial charge >= 0.3 is 0 Å². The molecule has 2 N–H and O–H groups in total. The van der Waals surface area contributed by atoms with Crippen LogP contribution in [0.3, 0.4) is 0 Å². The van der Waals surface area contributed by atoms with Crippen molar-refractivity contribution in [3.05, 3.63) is 95.4 Å². The number of hydrogen-bond acceptors (Lipinski definition) is 3. The molecule has 3 rings (SSSR count). The van der Waals surface area contributed by atoms with Gasteiger partial charge in [-0.1, -0.05) is 42.5 Å². The monoisotopic (exact) mass is 378 g/mol. The first-order valence-electron chi connectivity index (χ1n) is 9.03. The van der Waals surface area contributed by atoms with Crippen molar-refractivity contribution >= 4 is 5.96 Å². The predicted molar refractivity (Wildman–Crippen MR) is 108 cm³/mol. The first-order chi connectivity index (χ1) is 13.7. The summed E-state index contributed by atoms with van der Waals surface area (Å²) in [5, 5.41) is 6.40. The summed E-state index contributed by atoms with van der Waals surface area (Å²) in [6.45, 7) is 1.52. The quantitative estimate of drug-likeness (QED) is 0.487. The van der Waals surface area contributed by atoms with E-state index in [1.165, 1.54) is 12.1 Å². The second kappa shape index (κ2) is 10.1. The van der Waals surface area contributed by atoms with Gasteiger partial charge in [-0.05, 0) is 34.9 Å². The Bertz CT molecular complexity index is 915. The Morgan fingerprint density at radius 3 is 2.36 bits per heavy atom. The van der Waals surface area contributed by atoms with E-state index in [0.717, 1.165) is 16.7 Å². The van der Waals surface area contributed by atoms with E-state index in [0.29, 0.717) is 31.5 Å². The van der Waals surface area contributed by atoms with E-state index in [2.05, 4.69) is 20.6 Å². The Morgan fingerprint density at radius 2 is 1.64 bits per heavy atom. The summed E-state index contributed by atoms with van der Waals surface area (Å²) in [6.07, 6.45) is 1.72. The molecule has 6 heteroatoms. The highest BCUT2D eigenvalue weighted by molar-refractivity contribution is 5.79. The van der Waals surface area contributed by atoms with Gasteiger partial charge in [-0.15, -0.1) is 0 Å². The number of rotatable bonds is 7. The number of benzene rings is 2. The molecule has 1 heterocycles. The number of halogens is 1. The fraction of sp³-hybridized carbons (Fsp3) is 0.182. The summed E-state index contributed by atoms with van der Waals surface area (Å²) in [5.41, 5.74) is 2.96. The van der Waals surface area contributed by atoms with E-state index in [-0.39, 0.29) is 5.82 Å². The highest BCUT2D eigenvalue weighted by Gasteiger charge is 2.03. The minimum atomic E-state index is -0.248. The molecular weight excluding hydrogens is 355 g/mol. The van der Waals surface area contributed by atoms with E-state index in [9.17, 15) is 4.39 Å². The number of aliphatic imine (C=N–C) groups is 1. The van der Waals surface area contributed by atoms with Crippen molar-refractivity contribution in [1.82, 2.24) is 15.6 Å². The highest BCUT2D eigenvalue weighted by atomic mass is 19.1. The normalized spacial score (nSPS) is 11.1. The molecular formula is C22H23FN4O. The van der Waals surface area contributed by atoms with E-state index in [1.54, 1.807) is 19.3 Å².